The summed E-state index contributed by atoms with van der Waals surface area (Å²) in [4.78, 5) is 11.5. The molecule has 0 saturated heterocycles. The lowest BCUT2D eigenvalue weighted by molar-refractivity contribution is -0.134. The van der Waals surface area contributed by atoms with E-state index in [1.54, 1.807) is 48.5 Å². The van der Waals surface area contributed by atoms with Gasteiger partial charge in [0, 0.05) is 5.56 Å². The second-order valence-electron chi connectivity index (χ2n) is 4.07. The van der Waals surface area contributed by atoms with Gasteiger partial charge in [0.25, 0.3) is 5.79 Å². The molecular formula is C14H11NO3. The summed E-state index contributed by atoms with van der Waals surface area (Å²) >= 11 is 0. The molecule has 90 valence electrons. The van der Waals surface area contributed by atoms with Gasteiger partial charge in [-0.3, -0.25) is 5.32 Å². The SMILES string of the molecule is O=C1Nc2ccccc2C(O)(c2ccccc2)O1. The van der Waals surface area contributed by atoms with Gasteiger partial charge < -0.3 is 9.84 Å². The molecule has 0 spiro atoms. The number of benzene rings is 2. The molecule has 0 aromatic heterocycles. The Kier molecular flexibility index (Phi) is 2.31. The summed E-state index contributed by atoms with van der Waals surface area (Å²) in [5.74, 6) is -1.74. The first kappa shape index (κ1) is 10.8. The Morgan fingerprint density at radius 2 is 1.67 bits per heavy atom. The number of hydrogen-bond donors (Lipinski definition) is 2. The fourth-order valence-corrected chi connectivity index (χ4v) is 2.09. The normalized spacial score (nSPS) is 21.7. The van der Waals surface area contributed by atoms with E-state index in [1.165, 1.54) is 0 Å². The van der Waals surface area contributed by atoms with Gasteiger partial charge in [-0.25, -0.2) is 4.79 Å². The van der Waals surface area contributed by atoms with Gasteiger partial charge in [0.15, 0.2) is 0 Å². The Balaban J connectivity index is 2.21. The summed E-state index contributed by atoms with van der Waals surface area (Å²) in [5, 5.41) is 13.2. The van der Waals surface area contributed by atoms with Crippen molar-refractivity contribution in [3.63, 3.8) is 0 Å². The van der Waals surface area contributed by atoms with Crippen LogP contribution in [-0.4, -0.2) is 11.2 Å². The molecule has 4 heteroatoms. The zero-order valence-electron chi connectivity index (χ0n) is 9.46. The third kappa shape index (κ3) is 1.55. The molecule has 2 aromatic carbocycles. The van der Waals surface area contributed by atoms with Crippen LogP contribution in [0.15, 0.2) is 54.6 Å². The molecule has 1 amide bonds. The predicted octanol–water partition coefficient (Wildman–Crippen LogP) is 2.44. The highest BCUT2D eigenvalue weighted by atomic mass is 16.7. The lowest BCUT2D eigenvalue weighted by atomic mass is 9.95. The van der Waals surface area contributed by atoms with E-state index in [4.69, 9.17) is 4.74 Å². The number of fused-ring (bicyclic) bond motifs is 1. The Morgan fingerprint density at radius 1 is 1.00 bits per heavy atom. The van der Waals surface area contributed by atoms with Crippen LogP contribution in [0.3, 0.4) is 0 Å². The van der Waals surface area contributed by atoms with E-state index in [0.717, 1.165) is 0 Å². The van der Waals surface area contributed by atoms with Gasteiger partial charge in [0.2, 0.25) is 0 Å². The molecule has 0 bridgehead atoms. The molecule has 2 aromatic rings. The summed E-state index contributed by atoms with van der Waals surface area (Å²) in [7, 11) is 0. The van der Waals surface area contributed by atoms with Crippen LogP contribution >= 0.6 is 0 Å². The monoisotopic (exact) mass is 241 g/mol. The van der Waals surface area contributed by atoms with Crippen LogP contribution in [0.2, 0.25) is 0 Å². The highest BCUT2D eigenvalue weighted by Gasteiger charge is 2.41. The Bertz CT molecular complexity index is 597. The molecule has 1 aliphatic heterocycles. The van der Waals surface area contributed by atoms with Crippen LogP contribution in [-0.2, 0) is 10.5 Å². The molecule has 0 radical (unpaired) electrons. The van der Waals surface area contributed by atoms with Crippen LogP contribution in [0.5, 0.6) is 0 Å². The minimum atomic E-state index is -1.74. The second-order valence-corrected chi connectivity index (χ2v) is 4.07. The van der Waals surface area contributed by atoms with Crippen molar-refractivity contribution in [2.45, 2.75) is 5.79 Å². The van der Waals surface area contributed by atoms with Gasteiger partial charge in [-0.1, -0.05) is 42.5 Å². The van der Waals surface area contributed by atoms with Gasteiger partial charge in [0.1, 0.15) is 0 Å². The van der Waals surface area contributed by atoms with E-state index in [2.05, 4.69) is 5.32 Å². The Morgan fingerprint density at radius 3 is 2.44 bits per heavy atom. The van der Waals surface area contributed by atoms with Crippen LogP contribution in [0.4, 0.5) is 10.5 Å². The number of aliphatic hydroxyl groups is 1. The van der Waals surface area contributed by atoms with Gasteiger partial charge in [-0.2, -0.15) is 0 Å². The zero-order chi connectivity index (χ0) is 12.6. The fraction of sp³-hybridized carbons (Fsp3) is 0.0714. The molecule has 1 unspecified atom stereocenters. The molecule has 0 saturated carbocycles. The number of nitrogens with one attached hydrogen (secondary N) is 1. The number of cyclic esters (lactones) is 1. The largest absolute Gasteiger partial charge is 0.414 e. The van der Waals surface area contributed by atoms with Gasteiger partial charge in [-0.15, -0.1) is 0 Å². The summed E-state index contributed by atoms with van der Waals surface area (Å²) in [5.41, 5.74) is 1.60. The maximum absolute atomic E-state index is 11.5. The number of anilines is 1. The van der Waals surface area contributed by atoms with E-state index in [1.807, 2.05) is 6.07 Å². The highest BCUT2D eigenvalue weighted by molar-refractivity contribution is 5.89. The maximum Gasteiger partial charge on any atom is 0.414 e. The molecule has 1 heterocycles. The predicted molar refractivity (Wildman–Crippen MR) is 66.0 cm³/mol. The first-order valence-electron chi connectivity index (χ1n) is 5.57. The summed E-state index contributed by atoms with van der Waals surface area (Å²) in [6, 6.07) is 15.9. The van der Waals surface area contributed by atoms with Gasteiger partial charge >= 0.3 is 6.09 Å². The van der Waals surface area contributed by atoms with Crippen LogP contribution in [0.1, 0.15) is 11.1 Å². The number of para-hydroxylation sites is 1. The molecular weight excluding hydrogens is 230 g/mol. The molecule has 3 rings (SSSR count). The summed E-state index contributed by atoms with van der Waals surface area (Å²) < 4.78 is 5.09. The number of rotatable bonds is 1. The minimum Gasteiger partial charge on any atom is -0.408 e. The number of hydrogen-bond acceptors (Lipinski definition) is 3. The van der Waals surface area contributed by atoms with E-state index in [9.17, 15) is 9.90 Å². The van der Waals surface area contributed by atoms with Crippen molar-refractivity contribution in [1.29, 1.82) is 0 Å². The average molecular weight is 241 g/mol. The number of carbonyl (C=O) groups excluding carboxylic acids is 1. The number of amides is 1. The van der Waals surface area contributed by atoms with Crippen LogP contribution in [0.25, 0.3) is 0 Å². The van der Waals surface area contributed by atoms with Gasteiger partial charge in [-0.05, 0) is 12.1 Å². The second kappa shape index (κ2) is 3.85. The lowest BCUT2D eigenvalue weighted by Crippen LogP contribution is -2.40. The van der Waals surface area contributed by atoms with Crippen molar-refractivity contribution in [3.8, 4) is 0 Å². The minimum absolute atomic E-state index is 0.521. The van der Waals surface area contributed by atoms with Gasteiger partial charge in [0.05, 0.1) is 11.3 Å². The summed E-state index contributed by atoms with van der Waals surface area (Å²) in [6.07, 6.45) is -0.667. The molecule has 0 fully saturated rings. The van der Waals surface area contributed by atoms with E-state index in [0.29, 0.717) is 16.8 Å². The van der Waals surface area contributed by atoms with E-state index in [-0.39, 0.29) is 0 Å². The number of ether oxygens (including phenoxy) is 1. The third-order valence-electron chi connectivity index (χ3n) is 2.93. The first-order valence-corrected chi connectivity index (χ1v) is 5.57. The van der Waals surface area contributed by atoms with Crippen molar-refractivity contribution in [3.05, 3.63) is 65.7 Å². The number of carbonyl (C=O) groups is 1. The van der Waals surface area contributed by atoms with Crippen molar-refractivity contribution >= 4 is 11.8 Å². The standard InChI is InChI=1S/C14H11NO3/c16-13-15-12-9-5-4-8-11(12)14(17,18-13)10-6-2-1-3-7-10/h1-9,17H,(H,15,16). The average Bonchev–Trinajstić information content (AvgIpc) is 2.39. The smallest absolute Gasteiger partial charge is 0.408 e. The van der Waals surface area contributed by atoms with E-state index >= 15 is 0 Å². The maximum atomic E-state index is 11.5. The van der Waals surface area contributed by atoms with Crippen LogP contribution in [0, 0.1) is 0 Å². The topological polar surface area (TPSA) is 58.6 Å². The van der Waals surface area contributed by atoms with Crippen molar-refractivity contribution in [2.24, 2.45) is 0 Å². The Labute approximate surface area is 104 Å². The third-order valence-corrected chi connectivity index (χ3v) is 2.93. The molecule has 1 atom stereocenters. The molecule has 1 aliphatic rings. The van der Waals surface area contributed by atoms with Crippen molar-refractivity contribution in [2.75, 3.05) is 5.32 Å². The fourth-order valence-electron chi connectivity index (χ4n) is 2.09. The summed E-state index contributed by atoms with van der Waals surface area (Å²) in [6.45, 7) is 0. The highest BCUT2D eigenvalue weighted by Crippen LogP contribution is 2.38. The lowest BCUT2D eigenvalue weighted by Gasteiger charge is -2.34. The quantitative estimate of drug-likeness (QED) is 0.806. The molecule has 4 nitrogen and oxygen atoms in total. The molecule has 2 N–H and O–H groups in total. The Hall–Kier alpha value is -2.33. The zero-order valence-corrected chi connectivity index (χ0v) is 9.46. The molecule has 18 heavy (non-hydrogen) atoms. The first-order chi connectivity index (χ1) is 8.70. The van der Waals surface area contributed by atoms with Crippen LogP contribution < -0.4 is 5.32 Å². The van der Waals surface area contributed by atoms with E-state index < -0.39 is 11.9 Å². The van der Waals surface area contributed by atoms with Crippen molar-refractivity contribution in [1.82, 2.24) is 0 Å². The molecule has 0 aliphatic carbocycles. The van der Waals surface area contributed by atoms with Crippen molar-refractivity contribution < 1.29 is 14.6 Å².